The van der Waals surface area contributed by atoms with Crippen LogP contribution in [0.4, 0.5) is 101 Å². The third-order valence-corrected chi connectivity index (χ3v) is 12.6. The molecule has 0 aliphatic carbocycles. The maximum Gasteiger partial charge on any atom is 0.173 e. The number of hydrogen-bond donors (Lipinski definition) is 0. The van der Waals surface area contributed by atoms with E-state index < -0.39 is 31.2 Å². The first kappa shape index (κ1) is 113. The largest absolute Gasteiger partial charge is 0.201 e. The predicted molar refractivity (Wildman–Crippen MR) is 411 cm³/mol. The first-order chi connectivity index (χ1) is 56.0. The molecule has 0 atom stereocenters. The number of halogens is 24. The Balaban J connectivity index is 0. The second kappa shape index (κ2) is 49.3. The minimum Gasteiger partial charge on any atom is -0.201 e. The van der Waals surface area contributed by atoms with E-state index in [2.05, 4.69) is 189 Å². The maximum absolute atomic E-state index is 10.7. The summed E-state index contributed by atoms with van der Waals surface area (Å²) in [5.41, 5.74) is 10.1. The van der Waals surface area contributed by atoms with E-state index in [9.17, 15) is 101 Å². The van der Waals surface area contributed by atoms with Gasteiger partial charge in [0.15, 0.2) is 75.8 Å². The maximum atomic E-state index is 9.87. The summed E-state index contributed by atoms with van der Waals surface area (Å²) in [6.45, 7) is 18.3. The summed E-state index contributed by atoms with van der Waals surface area (Å²) >= 11 is 0. The van der Waals surface area contributed by atoms with Gasteiger partial charge >= 0.3 is 132 Å². The Morgan fingerprint density at radius 1 is 0.254 bits per heavy atom. The third-order valence-electron chi connectivity index (χ3n) is 12.6. The Kier molecular flexibility index (Phi) is 45.8. The van der Waals surface area contributed by atoms with Crippen LogP contribution in [-0.4, -0.2) is 92.5 Å². The number of pyridine rings is 4. The van der Waals surface area contributed by atoms with Crippen LogP contribution in [0.5, 0.6) is 11.5 Å². The molecule has 0 radical (unpaired) electrons. The van der Waals surface area contributed by atoms with Crippen molar-refractivity contribution in [1.82, 2.24) is 0 Å². The van der Waals surface area contributed by atoms with Crippen molar-refractivity contribution < 1.29 is 157 Å². The summed E-state index contributed by atoms with van der Waals surface area (Å²) in [5, 5.41) is 45.9. The van der Waals surface area contributed by atoms with E-state index >= 15 is 0 Å². The van der Waals surface area contributed by atoms with Crippen molar-refractivity contribution >= 4 is 42.0 Å². The Hall–Kier alpha value is -10.8. The van der Waals surface area contributed by atoms with E-state index in [1.165, 1.54) is 86.1 Å². The molecular weight excluding hydrogens is 1760 g/mol. The Bertz CT molecular complexity index is 4250. The molecule has 17 aliphatic heterocycles. The van der Waals surface area contributed by atoms with Crippen molar-refractivity contribution in [3.05, 3.63) is 205 Å². The first-order valence-corrected chi connectivity index (χ1v) is 42.5. The van der Waals surface area contributed by atoms with Crippen molar-refractivity contribution in [2.75, 3.05) is 92.5 Å². The number of nitriles is 6. The van der Waals surface area contributed by atoms with Gasteiger partial charge in [0.1, 0.15) is 37.9 Å². The van der Waals surface area contributed by atoms with Crippen LogP contribution in [0.3, 0.4) is 0 Å². The molecule has 21 heterocycles. The fraction of sp³-hybridized carbons (Fsp3) is 0.316. The van der Waals surface area contributed by atoms with Gasteiger partial charge in [0.05, 0.1) is 102 Å². The molecule has 16 bridgehead atoms. The van der Waals surface area contributed by atoms with Crippen molar-refractivity contribution in [3.8, 4) is 93.8 Å². The van der Waals surface area contributed by atoms with Crippen molar-refractivity contribution in [2.45, 2.75) is 67.7 Å². The van der Waals surface area contributed by atoms with E-state index in [0.717, 1.165) is 48.5 Å². The van der Waals surface area contributed by atoms with Gasteiger partial charge in [-0.2, -0.15) is 31.6 Å². The minimum absolute atomic E-state index is 0.310. The first-order valence-electron chi connectivity index (χ1n) is 34.4. The summed E-state index contributed by atoms with van der Waals surface area (Å²) in [6, 6.07) is 57.9. The van der Waals surface area contributed by atoms with Gasteiger partial charge in [0.25, 0.3) is 0 Å². The smallest absolute Gasteiger partial charge is 0.173 e. The molecular formula is C76H84F24N10O8P4. The molecule has 674 valence electrons. The van der Waals surface area contributed by atoms with Crippen LogP contribution in [-0.2, 0) is 54.6 Å². The summed E-state index contributed by atoms with van der Waals surface area (Å²) in [4.78, 5) is 0. The zero-order valence-electron chi connectivity index (χ0n) is 65.6. The van der Waals surface area contributed by atoms with E-state index in [1.807, 2.05) is 36.4 Å². The van der Waals surface area contributed by atoms with Crippen LogP contribution in [0.2, 0.25) is 0 Å². The average Bonchev–Trinajstić information content (AvgIpc) is 0.797. The molecule has 8 aromatic rings. The van der Waals surface area contributed by atoms with E-state index in [-0.39, 0.29) is 0 Å². The van der Waals surface area contributed by atoms with E-state index in [1.54, 1.807) is 36.4 Å². The van der Waals surface area contributed by atoms with Gasteiger partial charge < -0.3 is 37.9 Å². The van der Waals surface area contributed by atoms with Gasteiger partial charge in [-0.25, -0.2) is 18.3 Å². The van der Waals surface area contributed by atoms with Crippen molar-refractivity contribution in [1.29, 1.82) is 31.6 Å². The second-order valence-corrected chi connectivity index (χ2v) is 31.0. The normalized spacial score (nSPS) is 15.3. The van der Waals surface area contributed by atoms with Gasteiger partial charge in [-0.3, -0.25) is 0 Å². The summed E-state index contributed by atoms with van der Waals surface area (Å²) < 4.78 is 291. The number of rotatable bonds is 0. The molecule has 0 fully saturated rings. The molecule has 0 spiro atoms. The topological polar surface area (TPSA) is 232 Å². The third kappa shape index (κ3) is 80.3. The monoisotopic (exact) mass is 1840 g/mol. The van der Waals surface area contributed by atoms with Crippen LogP contribution in [0, 0.1) is 91.7 Å². The van der Waals surface area contributed by atoms with Crippen LogP contribution in [0.1, 0.15) is 63.8 Å². The zero-order valence-corrected chi connectivity index (χ0v) is 69.2. The second-order valence-electron chi connectivity index (χ2n) is 23.3. The minimum atomic E-state index is -10.7. The van der Waals surface area contributed by atoms with Gasteiger partial charge in [0.2, 0.25) is 0 Å². The summed E-state index contributed by atoms with van der Waals surface area (Å²) in [5.74, 6) is 12.7. The Morgan fingerprint density at radius 3 is 0.598 bits per heavy atom. The van der Waals surface area contributed by atoms with Crippen LogP contribution < -0.4 is 27.7 Å². The molecule has 4 aromatic carbocycles. The summed E-state index contributed by atoms with van der Waals surface area (Å²) in [6.07, 6.45) is 17.4. The molecule has 0 amide bonds. The molecule has 0 saturated heterocycles. The summed E-state index contributed by atoms with van der Waals surface area (Å²) in [7, 11) is -42.6. The zero-order chi connectivity index (χ0) is 93.5. The van der Waals surface area contributed by atoms with Crippen LogP contribution in [0.25, 0.3) is 33.0 Å². The molecule has 122 heavy (non-hydrogen) atoms. The fourth-order valence-corrected chi connectivity index (χ4v) is 8.58. The van der Waals surface area contributed by atoms with Gasteiger partial charge in [-0.1, -0.05) is 84.6 Å². The van der Waals surface area contributed by atoms with E-state index in [4.69, 9.17) is 69.5 Å². The number of nitrogens with zero attached hydrogens (tertiary/aromatic N) is 10. The van der Waals surface area contributed by atoms with Crippen molar-refractivity contribution in [2.24, 2.45) is 0 Å². The molecule has 0 saturated carbocycles. The molecule has 25 rings (SSSR count). The Morgan fingerprint density at radius 2 is 0.418 bits per heavy atom. The molecule has 4 aromatic heterocycles. The standard InChI is InChI=1S/C36H32N4.C28H34O8.6C2H3N.4F6P/c1-2-30-4-3-29(1)25-37-17-9-33(10-18-37)35-13-21-39(22-14-35)27-31-5-7-32(8-6-31)28-40-23-15-36(16-24-40)34-11-19-38(26-30)20-12-34;1-2-4-12-30-14-16-32-18-20-34-22-24-36-28-10-6-7-25-26(28)8-5-9-27(25)35-23-21-33-19-17-31-15-13-29-11-3-1;6*1-2-3;4*1-7(2,3,4,5)6/h1-24H,25-28H2;5-10H,11-24H2;6*1H3;;;;/q+4;;;;;;;;4*-1. The molecule has 18 nitrogen and oxygen atoms in total. The van der Waals surface area contributed by atoms with Gasteiger partial charge in [-0.05, 0) is 46.2 Å². The van der Waals surface area contributed by atoms with Crippen LogP contribution >= 0.6 is 31.2 Å². The number of aromatic nitrogens is 4. The number of ether oxygens (including phenoxy) is 8. The number of benzene rings is 4. The SMILES string of the molecule is C1#CCOCCOCCOCCOc2cccc3c(cccc23)OCCOCCOCCOCC#C1.CC#N.CC#N.CC#N.CC#N.CC#N.CC#N.F[P-](F)(F)(F)(F)F.F[P-](F)(F)(F)(F)F.F[P-](F)(F)(F)(F)F.F[P-](F)(F)(F)(F)F.c1cc2ccc1C[n+]1ccc(cc1)-c1cc[n+](cc1)Cc1ccc(cc1)C[n+]1ccc(cc1)-c1cc[n+](cc1)C2. The van der Waals surface area contributed by atoms with E-state index in [0.29, 0.717) is 92.5 Å². The quantitative estimate of drug-likeness (QED) is 0.0595. The predicted octanol–water partition coefficient (Wildman–Crippen LogP) is 24.1. The molecule has 17 aliphatic rings. The van der Waals surface area contributed by atoms with Gasteiger partial charge in [-0.15, -0.1) is 0 Å². The van der Waals surface area contributed by atoms with Gasteiger partial charge in [0, 0.05) is 123 Å². The fourth-order valence-electron chi connectivity index (χ4n) is 8.58. The van der Waals surface area contributed by atoms with Crippen LogP contribution in [0.15, 0.2) is 183 Å². The molecule has 0 unspecified atom stereocenters. The average molecular weight is 1850 g/mol. The molecule has 0 N–H and O–H groups in total. The number of hydrogen-bond acceptors (Lipinski definition) is 14. The van der Waals surface area contributed by atoms with Crippen molar-refractivity contribution in [3.63, 3.8) is 0 Å². The Labute approximate surface area is 687 Å². The molecule has 46 heteroatoms.